The summed E-state index contributed by atoms with van der Waals surface area (Å²) in [6, 6.07) is 1.73. The number of nitrogens with zero attached hydrogens (tertiary/aromatic N) is 3. The van der Waals surface area contributed by atoms with Gasteiger partial charge in [0.2, 0.25) is 5.88 Å². The van der Waals surface area contributed by atoms with Gasteiger partial charge in [-0.1, -0.05) is 0 Å². The first-order valence-corrected chi connectivity index (χ1v) is 5.86. The first-order valence-electron chi connectivity index (χ1n) is 5.86. The number of ether oxygens (including phenoxy) is 1. The van der Waals surface area contributed by atoms with Crippen molar-refractivity contribution in [2.24, 2.45) is 0 Å². The average molecular weight is 239 g/mol. The third-order valence-electron chi connectivity index (χ3n) is 2.99. The molecular formula is C11H17N3O3. The summed E-state index contributed by atoms with van der Waals surface area (Å²) in [5.74, 6) is 0.180. The standard InChI is InChI=1S/C11H17N3O3/c1-2-17-11(16)13-7-4-9(5-8-13)14-10(15)3-6-12-14/h3,6,9,15H,2,4-5,7-8H2,1H3. The topological polar surface area (TPSA) is 67.6 Å². The number of carbonyl (C=O) groups excluding carboxylic acids is 1. The quantitative estimate of drug-likeness (QED) is 0.846. The molecule has 2 rings (SSSR count). The zero-order valence-corrected chi connectivity index (χ0v) is 9.87. The molecule has 1 aliphatic heterocycles. The van der Waals surface area contributed by atoms with Crippen LogP contribution in [0.5, 0.6) is 5.88 Å². The van der Waals surface area contributed by atoms with E-state index in [0.717, 1.165) is 12.8 Å². The highest BCUT2D eigenvalue weighted by molar-refractivity contribution is 5.67. The van der Waals surface area contributed by atoms with Crippen molar-refractivity contribution >= 4 is 6.09 Å². The molecule has 1 aromatic heterocycles. The molecule has 1 aliphatic rings. The predicted molar refractivity (Wildman–Crippen MR) is 60.8 cm³/mol. The average Bonchev–Trinajstić information content (AvgIpc) is 2.76. The van der Waals surface area contributed by atoms with E-state index in [0.29, 0.717) is 19.7 Å². The molecule has 1 aromatic rings. The highest BCUT2D eigenvalue weighted by Gasteiger charge is 2.25. The van der Waals surface area contributed by atoms with Crippen molar-refractivity contribution in [1.82, 2.24) is 14.7 Å². The van der Waals surface area contributed by atoms with Crippen LogP contribution in [0.1, 0.15) is 25.8 Å². The largest absolute Gasteiger partial charge is 0.493 e. The number of likely N-dealkylation sites (tertiary alicyclic amines) is 1. The van der Waals surface area contributed by atoms with Crippen LogP contribution in [-0.2, 0) is 4.74 Å². The summed E-state index contributed by atoms with van der Waals surface area (Å²) < 4.78 is 6.56. The molecule has 1 saturated heterocycles. The molecule has 0 spiro atoms. The van der Waals surface area contributed by atoms with Gasteiger partial charge in [-0.3, -0.25) is 0 Å². The fourth-order valence-corrected chi connectivity index (χ4v) is 2.10. The summed E-state index contributed by atoms with van der Waals surface area (Å²) >= 11 is 0. The number of piperidine rings is 1. The molecule has 17 heavy (non-hydrogen) atoms. The lowest BCUT2D eigenvalue weighted by atomic mass is 10.1. The lowest BCUT2D eigenvalue weighted by molar-refractivity contribution is 0.0907. The van der Waals surface area contributed by atoms with E-state index in [-0.39, 0.29) is 18.0 Å². The fraction of sp³-hybridized carbons (Fsp3) is 0.636. The minimum Gasteiger partial charge on any atom is -0.493 e. The number of amides is 1. The van der Waals surface area contributed by atoms with Crippen LogP contribution in [0.15, 0.2) is 12.3 Å². The van der Waals surface area contributed by atoms with E-state index in [2.05, 4.69) is 5.10 Å². The molecule has 0 radical (unpaired) electrons. The SMILES string of the molecule is CCOC(=O)N1CCC(n2nccc2O)CC1. The smallest absolute Gasteiger partial charge is 0.409 e. The van der Waals surface area contributed by atoms with Crippen molar-refractivity contribution in [3.05, 3.63) is 12.3 Å². The van der Waals surface area contributed by atoms with Gasteiger partial charge in [-0.05, 0) is 19.8 Å². The molecule has 0 atom stereocenters. The van der Waals surface area contributed by atoms with Gasteiger partial charge >= 0.3 is 6.09 Å². The molecule has 0 aliphatic carbocycles. The van der Waals surface area contributed by atoms with Crippen molar-refractivity contribution in [3.8, 4) is 5.88 Å². The van der Waals surface area contributed by atoms with E-state index in [9.17, 15) is 9.90 Å². The number of hydrogen-bond donors (Lipinski definition) is 1. The summed E-state index contributed by atoms with van der Waals surface area (Å²) in [5, 5.41) is 13.6. The van der Waals surface area contributed by atoms with Crippen LogP contribution in [0, 0.1) is 0 Å². The monoisotopic (exact) mass is 239 g/mol. The molecule has 94 valence electrons. The van der Waals surface area contributed by atoms with Crippen LogP contribution in [0.3, 0.4) is 0 Å². The Morgan fingerprint density at radius 1 is 1.59 bits per heavy atom. The Bertz CT molecular complexity index is 383. The van der Waals surface area contributed by atoms with E-state index in [1.807, 2.05) is 0 Å². The van der Waals surface area contributed by atoms with Crippen LogP contribution < -0.4 is 0 Å². The summed E-state index contributed by atoms with van der Waals surface area (Å²) in [6.45, 7) is 3.48. The Labute approximate surface area is 99.8 Å². The van der Waals surface area contributed by atoms with E-state index in [1.54, 1.807) is 28.8 Å². The Morgan fingerprint density at radius 2 is 2.29 bits per heavy atom. The molecule has 1 fully saturated rings. The molecule has 2 heterocycles. The number of aromatic nitrogens is 2. The van der Waals surface area contributed by atoms with Crippen molar-refractivity contribution < 1.29 is 14.6 Å². The number of rotatable bonds is 2. The lowest BCUT2D eigenvalue weighted by Crippen LogP contribution is -2.39. The van der Waals surface area contributed by atoms with Crippen molar-refractivity contribution in [3.63, 3.8) is 0 Å². The van der Waals surface area contributed by atoms with Crippen molar-refractivity contribution in [2.45, 2.75) is 25.8 Å². The maximum atomic E-state index is 11.5. The van der Waals surface area contributed by atoms with Gasteiger partial charge < -0.3 is 14.7 Å². The second-order valence-electron chi connectivity index (χ2n) is 4.05. The normalized spacial score (nSPS) is 17.1. The van der Waals surface area contributed by atoms with Crippen LogP contribution >= 0.6 is 0 Å². The van der Waals surface area contributed by atoms with Gasteiger partial charge in [0.05, 0.1) is 18.8 Å². The van der Waals surface area contributed by atoms with Crippen LogP contribution in [0.25, 0.3) is 0 Å². The first kappa shape index (κ1) is 11.8. The Hall–Kier alpha value is -1.72. The molecule has 6 heteroatoms. The molecule has 1 N–H and O–H groups in total. The number of aromatic hydroxyl groups is 1. The maximum absolute atomic E-state index is 11.5. The molecular weight excluding hydrogens is 222 g/mol. The minimum atomic E-state index is -0.254. The van der Waals surface area contributed by atoms with Gasteiger partial charge in [-0.2, -0.15) is 5.10 Å². The zero-order valence-electron chi connectivity index (χ0n) is 9.87. The zero-order chi connectivity index (χ0) is 12.3. The Kier molecular flexibility index (Phi) is 3.51. The minimum absolute atomic E-state index is 0.163. The lowest BCUT2D eigenvalue weighted by Gasteiger charge is -2.31. The predicted octanol–water partition coefficient (Wildman–Crippen LogP) is 1.38. The van der Waals surface area contributed by atoms with Gasteiger partial charge in [-0.25, -0.2) is 9.48 Å². The third kappa shape index (κ3) is 2.51. The van der Waals surface area contributed by atoms with Crippen LogP contribution in [0.4, 0.5) is 4.79 Å². The first-order chi connectivity index (χ1) is 8.22. The second kappa shape index (κ2) is 5.07. The van der Waals surface area contributed by atoms with Crippen LogP contribution in [-0.4, -0.2) is 45.6 Å². The number of carbonyl (C=O) groups is 1. The molecule has 0 saturated carbocycles. The van der Waals surface area contributed by atoms with Gasteiger partial charge in [0, 0.05) is 19.2 Å². The molecule has 6 nitrogen and oxygen atoms in total. The van der Waals surface area contributed by atoms with E-state index >= 15 is 0 Å². The fourth-order valence-electron chi connectivity index (χ4n) is 2.10. The maximum Gasteiger partial charge on any atom is 0.409 e. The van der Waals surface area contributed by atoms with Crippen LogP contribution in [0.2, 0.25) is 0 Å². The molecule has 1 amide bonds. The van der Waals surface area contributed by atoms with Gasteiger partial charge in [0.1, 0.15) is 0 Å². The van der Waals surface area contributed by atoms with E-state index < -0.39 is 0 Å². The van der Waals surface area contributed by atoms with Gasteiger partial charge in [0.15, 0.2) is 0 Å². The highest BCUT2D eigenvalue weighted by atomic mass is 16.6. The second-order valence-corrected chi connectivity index (χ2v) is 4.05. The molecule has 0 bridgehead atoms. The molecule has 0 unspecified atom stereocenters. The van der Waals surface area contributed by atoms with Crippen molar-refractivity contribution in [2.75, 3.05) is 19.7 Å². The van der Waals surface area contributed by atoms with Gasteiger partial charge in [-0.15, -0.1) is 0 Å². The third-order valence-corrected chi connectivity index (χ3v) is 2.99. The van der Waals surface area contributed by atoms with E-state index in [4.69, 9.17) is 4.74 Å². The Morgan fingerprint density at radius 3 is 2.82 bits per heavy atom. The van der Waals surface area contributed by atoms with Gasteiger partial charge in [0.25, 0.3) is 0 Å². The summed E-state index contributed by atoms with van der Waals surface area (Å²) in [7, 11) is 0. The summed E-state index contributed by atoms with van der Waals surface area (Å²) in [6.07, 6.45) is 2.89. The Balaban J connectivity index is 1.90. The molecule has 0 aromatic carbocycles. The van der Waals surface area contributed by atoms with E-state index in [1.165, 1.54) is 0 Å². The number of hydrogen-bond acceptors (Lipinski definition) is 4. The summed E-state index contributed by atoms with van der Waals surface area (Å²) in [4.78, 5) is 13.2. The van der Waals surface area contributed by atoms with Crippen molar-refractivity contribution in [1.29, 1.82) is 0 Å². The summed E-state index contributed by atoms with van der Waals surface area (Å²) in [5.41, 5.74) is 0. The highest BCUT2D eigenvalue weighted by Crippen LogP contribution is 2.25.